The van der Waals surface area contributed by atoms with E-state index in [4.69, 9.17) is 0 Å². The SMILES string of the molecule is CCNC(=O)c1csc(-n2cccc2)n1. The second-order valence-electron chi connectivity index (χ2n) is 2.97. The Morgan fingerprint density at radius 3 is 2.93 bits per heavy atom. The van der Waals surface area contributed by atoms with Crippen LogP contribution in [-0.2, 0) is 0 Å². The van der Waals surface area contributed by atoms with Gasteiger partial charge in [-0.3, -0.25) is 4.79 Å². The van der Waals surface area contributed by atoms with Crippen molar-refractivity contribution in [3.8, 4) is 5.13 Å². The van der Waals surface area contributed by atoms with E-state index in [0.717, 1.165) is 5.13 Å². The third-order valence-corrected chi connectivity index (χ3v) is 2.74. The van der Waals surface area contributed by atoms with Crippen molar-refractivity contribution in [2.45, 2.75) is 6.92 Å². The van der Waals surface area contributed by atoms with E-state index in [1.54, 1.807) is 5.38 Å². The average Bonchev–Trinajstić information content (AvgIpc) is 2.89. The van der Waals surface area contributed by atoms with E-state index in [1.165, 1.54) is 11.3 Å². The molecule has 5 heteroatoms. The fourth-order valence-corrected chi connectivity index (χ4v) is 1.97. The summed E-state index contributed by atoms with van der Waals surface area (Å²) in [5, 5.41) is 5.29. The summed E-state index contributed by atoms with van der Waals surface area (Å²) in [5.41, 5.74) is 0.477. The molecule has 0 aliphatic heterocycles. The Bertz CT molecular complexity index is 447. The Hall–Kier alpha value is -1.62. The largest absolute Gasteiger partial charge is 0.351 e. The van der Waals surface area contributed by atoms with Gasteiger partial charge in [-0.25, -0.2) is 4.98 Å². The van der Waals surface area contributed by atoms with Gasteiger partial charge in [-0.1, -0.05) is 0 Å². The molecule has 0 spiro atoms. The molecule has 1 amide bonds. The highest BCUT2D eigenvalue weighted by Crippen LogP contribution is 2.14. The minimum atomic E-state index is -0.118. The maximum absolute atomic E-state index is 11.5. The number of nitrogens with one attached hydrogen (secondary N) is 1. The summed E-state index contributed by atoms with van der Waals surface area (Å²) in [4.78, 5) is 15.7. The van der Waals surface area contributed by atoms with Gasteiger partial charge in [-0.15, -0.1) is 11.3 Å². The van der Waals surface area contributed by atoms with Crippen molar-refractivity contribution in [1.29, 1.82) is 0 Å². The minimum Gasteiger partial charge on any atom is -0.351 e. The standard InChI is InChI=1S/C10H11N3OS/c1-2-11-9(14)8-7-15-10(12-8)13-5-3-4-6-13/h3-7H,2H2,1H3,(H,11,14). The van der Waals surface area contributed by atoms with E-state index in [2.05, 4.69) is 10.3 Å². The first kappa shape index (κ1) is 9.92. The van der Waals surface area contributed by atoms with Crippen LogP contribution in [0, 0.1) is 0 Å². The molecule has 15 heavy (non-hydrogen) atoms. The van der Waals surface area contributed by atoms with Crippen molar-refractivity contribution < 1.29 is 4.79 Å². The summed E-state index contributed by atoms with van der Waals surface area (Å²) in [6.45, 7) is 2.51. The van der Waals surface area contributed by atoms with Crippen LogP contribution in [0.3, 0.4) is 0 Å². The van der Waals surface area contributed by atoms with Crippen molar-refractivity contribution in [1.82, 2.24) is 14.9 Å². The molecular formula is C10H11N3OS. The molecule has 0 atom stereocenters. The Balaban J connectivity index is 2.21. The summed E-state index contributed by atoms with van der Waals surface area (Å²) in [6, 6.07) is 3.85. The molecule has 0 aliphatic carbocycles. The van der Waals surface area contributed by atoms with E-state index in [0.29, 0.717) is 12.2 Å². The molecular weight excluding hydrogens is 210 g/mol. The van der Waals surface area contributed by atoms with Gasteiger partial charge in [0.15, 0.2) is 5.13 Å². The Morgan fingerprint density at radius 1 is 1.53 bits per heavy atom. The topological polar surface area (TPSA) is 46.9 Å². The normalized spacial score (nSPS) is 10.2. The lowest BCUT2D eigenvalue weighted by atomic mass is 10.4. The van der Waals surface area contributed by atoms with Crippen molar-refractivity contribution >= 4 is 17.2 Å². The van der Waals surface area contributed by atoms with Gasteiger partial charge in [0.25, 0.3) is 5.91 Å². The van der Waals surface area contributed by atoms with Crippen molar-refractivity contribution in [3.63, 3.8) is 0 Å². The minimum absolute atomic E-state index is 0.118. The van der Waals surface area contributed by atoms with E-state index in [-0.39, 0.29) is 5.91 Å². The van der Waals surface area contributed by atoms with Crippen LogP contribution in [-0.4, -0.2) is 22.0 Å². The third kappa shape index (κ3) is 2.07. The first-order chi connectivity index (χ1) is 7.31. The molecule has 4 nitrogen and oxygen atoms in total. The third-order valence-electron chi connectivity index (χ3n) is 1.89. The zero-order valence-electron chi connectivity index (χ0n) is 8.30. The molecule has 2 aromatic rings. The fraction of sp³-hybridized carbons (Fsp3) is 0.200. The summed E-state index contributed by atoms with van der Waals surface area (Å²) < 4.78 is 1.88. The number of amides is 1. The predicted molar refractivity (Wildman–Crippen MR) is 59.4 cm³/mol. The van der Waals surface area contributed by atoms with Crippen LogP contribution in [0.4, 0.5) is 0 Å². The van der Waals surface area contributed by atoms with Crippen molar-refractivity contribution in [3.05, 3.63) is 35.6 Å². The molecule has 2 heterocycles. The molecule has 2 aromatic heterocycles. The van der Waals surface area contributed by atoms with Crippen LogP contribution < -0.4 is 5.32 Å². The Kier molecular flexibility index (Phi) is 2.82. The lowest BCUT2D eigenvalue weighted by Gasteiger charge is -1.97. The molecule has 0 radical (unpaired) electrons. The zero-order chi connectivity index (χ0) is 10.7. The number of nitrogens with zero attached hydrogens (tertiary/aromatic N) is 2. The van der Waals surface area contributed by atoms with E-state index < -0.39 is 0 Å². The van der Waals surface area contributed by atoms with Gasteiger partial charge >= 0.3 is 0 Å². The highest BCUT2D eigenvalue weighted by atomic mass is 32.1. The molecule has 0 aliphatic rings. The lowest BCUT2D eigenvalue weighted by molar-refractivity contribution is 0.0951. The highest BCUT2D eigenvalue weighted by molar-refractivity contribution is 7.12. The number of hydrogen-bond donors (Lipinski definition) is 1. The molecule has 0 fully saturated rings. The quantitative estimate of drug-likeness (QED) is 0.857. The maximum Gasteiger partial charge on any atom is 0.270 e. The van der Waals surface area contributed by atoms with Crippen LogP contribution in [0.1, 0.15) is 17.4 Å². The van der Waals surface area contributed by atoms with Crippen LogP contribution in [0.5, 0.6) is 0 Å². The number of hydrogen-bond acceptors (Lipinski definition) is 3. The first-order valence-electron chi connectivity index (χ1n) is 4.68. The van der Waals surface area contributed by atoms with E-state index >= 15 is 0 Å². The van der Waals surface area contributed by atoms with E-state index in [9.17, 15) is 4.79 Å². The van der Waals surface area contributed by atoms with Gasteiger partial charge in [0, 0.05) is 24.3 Å². The number of carbonyl (C=O) groups excluding carboxylic acids is 1. The zero-order valence-corrected chi connectivity index (χ0v) is 9.12. The Labute approximate surface area is 91.6 Å². The van der Waals surface area contributed by atoms with Gasteiger partial charge in [0.1, 0.15) is 5.69 Å². The molecule has 0 saturated carbocycles. The van der Waals surface area contributed by atoms with Gasteiger partial charge in [0.2, 0.25) is 0 Å². The molecule has 0 saturated heterocycles. The second-order valence-corrected chi connectivity index (χ2v) is 3.80. The highest BCUT2D eigenvalue weighted by Gasteiger charge is 2.09. The summed E-state index contributed by atoms with van der Waals surface area (Å²) in [6.07, 6.45) is 3.81. The summed E-state index contributed by atoms with van der Waals surface area (Å²) >= 11 is 1.45. The molecule has 2 rings (SSSR count). The van der Waals surface area contributed by atoms with Crippen LogP contribution in [0.2, 0.25) is 0 Å². The van der Waals surface area contributed by atoms with Gasteiger partial charge in [-0.2, -0.15) is 0 Å². The summed E-state index contributed by atoms with van der Waals surface area (Å²) in [5.74, 6) is -0.118. The average molecular weight is 221 g/mol. The molecule has 1 N–H and O–H groups in total. The molecule has 78 valence electrons. The smallest absolute Gasteiger partial charge is 0.270 e. The fourth-order valence-electron chi connectivity index (χ4n) is 1.20. The molecule has 0 aromatic carbocycles. The van der Waals surface area contributed by atoms with E-state index in [1.807, 2.05) is 36.0 Å². The van der Waals surface area contributed by atoms with Crippen LogP contribution in [0.15, 0.2) is 29.9 Å². The summed E-state index contributed by atoms with van der Waals surface area (Å²) in [7, 11) is 0. The maximum atomic E-state index is 11.5. The molecule has 0 bridgehead atoms. The second kappa shape index (κ2) is 4.27. The lowest BCUT2D eigenvalue weighted by Crippen LogP contribution is -2.22. The monoisotopic (exact) mass is 221 g/mol. The van der Waals surface area contributed by atoms with Crippen molar-refractivity contribution in [2.24, 2.45) is 0 Å². The Morgan fingerprint density at radius 2 is 2.27 bits per heavy atom. The van der Waals surface area contributed by atoms with Gasteiger partial charge < -0.3 is 9.88 Å². The van der Waals surface area contributed by atoms with Gasteiger partial charge in [-0.05, 0) is 19.1 Å². The number of thiazole rings is 1. The molecule has 0 unspecified atom stereocenters. The van der Waals surface area contributed by atoms with Crippen LogP contribution >= 0.6 is 11.3 Å². The van der Waals surface area contributed by atoms with Crippen LogP contribution in [0.25, 0.3) is 5.13 Å². The number of rotatable bonds is 3. The first-order valence-corrected chi connectivity index (χ1v) is 5.56. The van der Waals surface area contributed by atoms with Gasteiger partial charge in [0.05, 0.1) is 0 Å². The van der Waals surface area contributed by atoms with Crippen molar-refractivity contribution in [2.75, 3.05) is 6.54 Å². The number of carbonyl (C=O) groups is 1. The predicted octanol–water partition coefficient (Wildman–Crippen LogP) is 1.68. The number of aromatic nitrogens is 2.